The van der Waals surface area contributed by atoms with E-state index in [0.717, 1.165) is 23.9 Å². The number of benzene rings is 1. The van der Waals surface area contributed by atoms with Crippen LogP contribution in [0.4, 0.5) is 9.52 Å². The van der Waals surface area contributed by atoms with Crippen LogP contribution in [-0.4, -0.2) is 16.1 Å². The highest BCUT2D eigenvalue weighted by molar-refractivity contribution is 7.15. The molecule has 1 aromatic carbocycles. The number of carbonyl (C=O) groups excluding carboxylic acids is 1. The normalized spacial score (nSPS) is 14.4. The Bertz CT molecular complexity index is 642. The van der Waals surface area contributed by atoms with Crippen LogP contribution in [0.3, 0.4) is 0 Å². The molecule has 3 rings (SSSR count). The van der Waals surface area contributed by atoms with Crippen molar-refractivity contribution in [2.24, 2.45) is 0 Å². The quantitative estimate of drug-likeness (QED) is 0.944. The molecule has 1 fully saturated rings. The summed E-state index contributed by atoms with van der Waals surface area (Å²) in [7, 11) is 0. The minimum atomic E-state index is -0.656. The Hall–Kier alpha value is -1.53. The number of anilines is 1. The summed E-state index contributed by atoms with van der Waals surface area (Å²) >= 11 is 6.97. The van der Waals surface area contributed by atoms with E-state index in [2.05, 4.69) is 15.5 Å². The number of nitrogens with zero attached hydrogens (tertiary/aromatic N) is 2. The molecule has 1 aliphatic carbocycles. The van der Waals surface area contributed by atoms with Gasteiger partial charge in [0.2, 0.25) is 5.13 Å². The van der Waals surface area contributed by atoms with Crippen molar-refractivity contribution < 1.29 is 9.18 Å². The molecule has 1 amide bonds. The zero-order chi connectivity index (χ0) is 13.4. The van der Waals surface area contributed by atoms with E-state index in [1.54, 1.807) is 0 Å². The molecule has 0 spiro atoms. The number of hydrogen-bond acceptors (Lipinski definition) is 4. The van der Waals surface area contributed by atoms with Crippen LogP contribution in [0.1, 0.15) is 34.1 Å². The van der Waals surface area contributed by atoms with E-state index in [4.69, 9.17) is 11.6 Å². The van der Waals surface area contributed by atoms with Gasteiger partial charge in [-0.15, -0.1) is 10.2 Å². The number of carbonyl (C=O) groups is 1. The van der Waals surface area contributed by atoms with Crippen LogP contribution in [-0.2, 0) is 0 Å². The van der Waals surface area contributed by atoms with Crippen molar-refractivity contribution in [1.82, 2.24) is 10.2 Å². The second kappa shape index (κ2) is 4.86. The first-order chi connectivity index (χ1) is 9.13. The molecular formula is C12H9ClFN3OS. The molecule has 0 radical (unpaired) electrons. The Balaban J connectivity index is 1.76. The van der Waals surface area contributed by atoms with Gasteiger partial charge >= 0.3 is 0 Å². The molecule has 1 N–H and O–H groups in total. The SMILES string of the molecule is O=C(Nc1nnc(C2CC2)s1)c1ccc(Cl)cc1F. The molecule has 0 bridgehead atoms. The minimum Gasteiger partial charge on any atom is -0.296 e. The second-order valence-corrected chi connectivity index (χ2v) is 5.74. The summed E-state index contributed by atoms with van der Waals surface area (Å²) in [5, 5.41) is 12.0. The molecule has 1 saturated carbocycles. The van der Waals surface area contributed by atoms with Gasteiger partial charge in [0.05, 0.1) is 5.56 Å². The summed E-state index contributed by atoms with van der Waals surface area (Å²) < 4.78 is 13.6. The van der Waals surface area contributed by atoms with Gasteiger partial charge in [-0.05, 0) is 31.0 Å². The molecule has 1 aliphatic rings. The summed E-state index contributed by atoms with van der Waals surface area (Å²) in [6.45, 7) is 0. The minimum absolute atomic E-state index is 0.0624. The van der Waals surface area contributed by atoms with Gasteiger partial charge in [-0.3, -0.25) is 10.1 Å². The monoisotopic (exact) mass is 297 g/mol. The van der Waals surface area contributed by atoms with Crippen LogP contribution in [0.15, 0.2) is 18.2 Å². The van der Waals surface area contributed by atoms with Crippen LogP contribution < -0.4 is 5.32 Å². The molecular weight excluding hydrogens is 289 g/mol. The second-order valence-electron chi connectivity index (χ2n) is 4.30. The molecule has 1 heterocycles. The fraction of sp³-hybridized carbons (Fsp3) is 0.250. The number of rotatable bonds is 3. The maximum atomic E-state index is 13.6. The van der Waals surface area contributed by atoms with Crippen LogP contribution in [0, 0.1) is 5.82 Å². The van der Waals surface area contributed by atoms with Gasteiger partial charge in [-0.25, -0.2) is 4.39 Å². The van der Waals surface area contributed by atoms with Crippen molar-refractivity contribution in [2.75, 3.05) is 5.32 Å². The lowest BCUT2D eigenvalue weighted by Crippen LogP contribution is -2.13. The molecule has 0 aliphatic heterocycles. The highest BCUT2D eigenvalue weighted by atomic mass is 35.5. The Morgan fingerprint density at radius 2 is 2.21 bits per heavy atom. The van der Waals surface area contributed by atoms with E-state index in [0.29, 0.717) is 11.0 Å². The van der Waals surface area contributed by atoms with Gasteiger partial charge in [-0.1, -0.05) is 22.9 Å². The van der Waals surface area contributed by atoms with Gasteiger partial charge < -0.3 is 0 Å². The first kappa shape index (κ1) is 12.5. The van der Waals surface area contributed by atoms with Crippen LogP contribution in [0.5, 0.6) is 0 Å². The Kier molecular flexibility index (Phi) is 3.20. The summed E-state index contributed by atoms with van der Waals surface area (Å²) in [6.07, 6.45) is 2.24. The van der Waals surface area contributed by atoms with Crippen molar-refractivity contribution in [2.45, 2.75) is 18.8 Å². The predicted octanol–water partition coefficient (Wildman–Crippen LogP) is 3.46. The van der Waals surface area contributed by atoms with Gasteiger partial charge in [0, 0.05) is 10.9 Å². The van der Waals surface area contributed by atoms with Crippen molar-refractivity contribution in [3.05, 3.63) is 39.6 Å². The molecule has 2 aromatic rings. The molecule has 4 nitrogen and oxygen atoms in total. The molecule has 98 valence electrons. The topological polar surface area (TPSA) is 54.9 Å². The van der Waals surface area contributed by atoms with E-state index in [1.165, 1.54) is 23.5 Å². The van der Waals surface area contributed by atoms with Gasteiger partial charge in [0.25, 0.3) is 5.91 Å². The zero-order valence-electron chi connectivity index (χ0n) is 9.69. The molecule has 0 saturated heterocycles. The lowest BCUT2D eigenvalue weighted by atomic mass is 10.2. The van der Waals surface area contributed by atoms with Crippen molar-refractivity contribution in [3.8, 4) is 0 Å². The van der Waals surface area contributed by atoms with Crippen molar-refractivity contribution in [1.29, 1.82) is 0 Å². The Labute approximate surface area is 117 Å². The van der Waals surface area contributed by atoms with Gasteiger partial charge in [0.1, 0.15) is 10.8 Å². The Morgan fingerprint density at radius 3 is 2.89 bits per heavy atom. The molecule has 7 heteroatoms. The number of amides is 1. The summed E-state index contributed by atoms with van der Waals surface area (Å²) in [4.78, 5) is 11.9. The summed E-state index contributed by atoms with van der Waals surface area (Å²) in [6, 6.07) is 3.91. The van der Waals surface area contributed by atoms with Crippen LogP contribution >= 0.6 is 22.9 Å². The summed E-state index contributed by atoms with van der Waals surface area (Å²) in [5.41, 5.74) is -0.0624. The molecule has 0 unspecified atom stereocenters. The predicted molar refractivity (Wildman–Crippen MR) is 71.2 cm³/mol. The lowest BCUT2D eigenvalue weighted by molar-refractivity contribution is 0.102. The van der Waals surface area contributed by atoms with Crippen molar-refractivity contribution >= 4 is 34.0 Å². The first-order valence-electron chi connectivity index (χ1n) is 5.73. The van der Waals surface area contributed by atoms with E-state index in [-0.39, 0.29) is 10.6 Å². The number of hydrogen-bond donors (Lipinski definition) is 1. The van der Waals surface area contributed by atoms with Crippen LogP contribution in [0.25, 0.3) is 0 Å². The third-order valence-electron chi connectivity index (χ3n) is 2.76. The Morgan fingerprint density at radius 1 is 1.42 bits per heavy atom. The summed E-state index contributed by atoms with van der Waals surface area (Å²) in [5.74, 6) is -0.722. The molecule has 0 atom stereocenters. The maximum Gasteiger partial charge on any atom is 0.260 e. The highest BCUT2D eigenvalue weighted by Crippen LogP contribution is 2.42. The zero-order valence-corrected chi connectivity index (χ0v) is 11.3. The van der Waals surface area contributed by atoms with Gasteiger partial charge in [-0.2, -0.15) is 0 Å². The molecule has 1 aromatic heterocycles. The smallest absolute Gasteiger partial charge is 0.260 e. The van der Waals surface area contributed by atoms with E-state index in [1.807, 2.05) is 0 Å². The molecule has 19 heavy (non-hydrogen) atoms. The van der Waals surface area contributed by atoms with E-state index < -0.39 is 11.7 Å². The number of halogens is 2. The third-order valence-corrected chi connectivity index (χ3v) is 4.00. The van der Waals surface area contributed by atoms with E-state index >= 15 is 0 Å². The fourth-order valence-corrected chi connectivity index (χ4v) is 2.68. The highest BCUT2D eigenvalue weighted by Gasteiger charge is 2.27. The number of aromatic nitrogens is 2. The van der Waals surface area contributed by atoms with Crippen LogP contribution in [0.2, 0.25) is 5.02 Å². The first-order valence-corrected chi connectivity index (χ1v) is 6.93. The third kappa shape index (κ3) is 2.74. The van der Waals surface area contributed by atoms with E-state index in [9.17, 15) is 9.18 Å². The largest absolute Gasteiger partial charge is 0.296 e. The average Bonchev–Trinajstić information content (AvgIpc) is 3.10. The maximum absolute atomic E-state index is 13.6. The number of nitrogens with one attached hydrogen (secondary N) is 1. The van der Waals surface area contributed by atoms with Crippen molar-refractivity contribution in [3.63, 3.8) is 0 Å². The fourth-order valence-electron chi connectivity index (χ4n) is 1.62. The average molecular weight is 298 g/mol. The lowest BCUT2D eigenvalue weighted by Gasteiger charge is -2.02. The standard InChI is InChI=1S/C12H9ClFN3OS/c13-7-3-4-8(9(14)5-7)10(18)15-12-17-16-11(19-12)6-1-2-6/h3-6H,1-2H2,(H,15,17,18). The van der Waals surface area contributed by atoms with Gasteiger partial charge in [0.15, 0.2) is 0 Å².